The van der Waals surface area contributed by atoms with Gasteiger partial charge in [-0.05, 0) is 36.2 Å². The second-order valence-corrected chi connectivity index (χ2v) is 7.85. The van der Waals surface area contributed by atoms with Crippen LogP contribution in [0.4, 0.5) is 0 Å². The first-order valence-corrected chi connectivity index (χ1v) is 9.32. The highest BCUT2D eigenvalue weighted by Crippen LogP contribution is 2.41. The monoisotopic (exact) mass is 294 g/mol. The van der Waals surface area contributed by atoms with Gasteiger partial charge in [0.05, 0.1) is 6.10 Å². The van der Waals surface area contributed by atoms with Gasteiger partial charge in [0.15, 0.2) is 8.03 Å². The molecule has 0 unspecified atom stereocenters. The molecule has 1 saturated carbocycles. The van der Waals surface area contributed by atoms with E-state index in [0.29, 0.717) is 23.9 Å². The van der Waals surface area contributed by atoms with Crippen molar-refractivity contribution >= 4 is 8.03 Å². The minimum atomic E-state index is -1.98. The summed E-state index contributed by atoms with van der Waals surface area (Å²) in [7, 11) is -1.98. The third kappa shape index (κ3) is 4.46. The van der Waals surface area contributed by atoms with Crippen LogP contribution in [0.2, 0.25) is 0 Å². The Morgan fingerprint density at radius 3 is 2.60 bits per heavy atom. The van der Waals surface area contributed by atoms with Crippen molar-refractivity contribution in [3.63, 3.8) is 0 Å². The molecule has 2 nitrogen and oxygen atoms in total. The summed E-state index contributed by atoms with van der Waals surface area (Å²) in [5.74, 6) is 1.87. The first-order valence-electron chi connectivity index (χ1n) is 7.79. The zero-order chi connectivity index (χ0) is 14.5. The summed E-state index contributed by atoms with van der Waals surface area (Å²) in [6.45, 7) is 6.79. The zero-order valence-corrected chi connectivity index (χ0v) is 13.8. The van der Waals surface area contributed by atoms with Gasteiger partial charge in [0.25, 0.3) is 0 Å². The maximum Gasteiger partial charge on any atom is 0.196 e. The fraction of sp³-hybridized carbons (Fsp3) is 0.647. The van der Waals surface area contributed by atoms with Crippen molar-refractivity contribution in [2.24, 2.45) is 17.8 Å². The van der Waals surface area contributed by atoms with Crippen LogP contribution in [-0.2, 0) is 15.3 Å². The van der Waals surface area contributed by atoms with E-state index in [-0.39, 0.29) is 6.10 Å². The number of rotatable bonds is 5. The predicted octanol–water partition coefficient (Wildman–Crippen LogP) is 5.14. The summed E-state index contributed by atoms with van der Waals surface area (Å²) >= 11 is 0. The topological polar surface area (TPSA) is 26.3 Å². The van der Waals surface area contributed by atoms with Crippen LogP contribution in [0, 0.1) is 17.8 Å². The predicted molar refractivity (Wildman–Crippen MR) is 85.4 cm³/mol. The van der Waals surface area contributed by atoms with E-state index in [9.17, 15) is 4.57 Å². The molecule has 0 aliphatic heterocycles. The summed E-state index contributed by atoms with van der Waals surface area (Å²) in [4.78, 5) is 0. The molecule has 0 spiro atoms. The summed E-state index contributed by atoms with van der Waals surface area (Å²) in [5, 5.41) is 0. The Balaban J connectivity index is 1.94. The van der Waals surface area contributed by atoms with Gasteiger partial charge >= 0.3 is 0 Å². The van der Waals surface area contributed by atoms with Gasteiger partial charge in [-0.3, -0.25) is 4.57 Å². The molecule has 0 radical (unpaired) electrons. The van der Waals surface area contributed by atoms with E-state index in [4.69, 9.17) is 4.52 Å². The molecule has 0 bridgehead atoms. The molecule has 1 aliphatic rings. The Morgan fingerprint density at radius 1 is 1.25 bits per heavy atom. The molecule has 0 aromatic heterocycles. The van der Waals surface area contributed by atoms with E-state index in [1.54, 1.807) is 0 Å². The van der Waals surface area contributed by atoms with Crippen LogP contribution in [0.5, 0.6) is 0 Å². The lowest BCUT2D eigenvalue weighted by Gasteiger charge is -2.36. The summed E-state index contributed by atoms with van der Waals surface area (Å²) in [6, 6.07) is 10.0. The molecule has 0 N–H and O–H groups in total. The van der Waals surface area contributed by atoms with E-state index >= 15 is 0 Å². The average molecular weight is 294 g/mol. The van der Waals surface area contributed by atoms with Crippen LogP contribution in [-0.4, -0.2) is 6.10 Å². The fourth-order valence-corrected chi connectivity index (χ4v) is 4.48. The first kappa shape index (κ1) is 15.8. The van der Waals surface area contributed by atoms with Crippen LogP contribution in [0.3, 0.4) is 0 Å². The van der Waals surface area contributed by atoms with Crippen LogP contribution >= 0.6 is 8.03 Å². The lowest BCUT2D eigenvalue weighted by Crippen LogP contribution is -2.32. The first-order chi connectivity index (χ1) is 9.56. The largest absolute Gasteiger partial charge is 0.327 e. The zero-order valence-electron chi connectivity index (χ0n) is 12.8. The van der Waals surface area contributed by atoms with Crippen LogP contribution in [0.25, 0.3) is 0 Å². The highest BCUT2D eigenvalue weighted by atomic mass is 31.1. The van der Waals surface area contributed by atoms with Crippen molar-refractivity contribution in [3.8, 4) is 0 Å². The molecular formula is C17H27O2P. The van der Waals surface area contributed by atoms with Crippen LogP contribution < -0.4 is 0 Å². The number of hydrogen-bond acceptors (Lipinski definition) is 2. The van der Waals surface area contributed by atoms with Gasteiger partial charge in [-0.25, -0.2) is 0 Å². The lowest BCUT2D eigenvalue weighted by atomic mass is 9.75. The van der Waals surface area contributed by atoms with Gasteiger partial charge in [-0.2, -0.15) is 0 Å². The fourth-order valence-electron chi connectivity index (χ4n) is 3.22. The molecule has 0 saturated heterocycles. The molecule has 112 valence electrons. The van der Waals surface area contributed by atoms with E-state index in [1.165, 1.54) is 12.8 Å². The van der Waals surface area contributed by atoms with Gasteiger partial charge in [0.1, 0.15) is 0 Å². The molecule has 1 aromatic rings. The maximum atomic E-state index is 12.3. The quantitative estimate of drug-likeness (QED) is 0.703. The minimum Gasteiger partial charge on any atom is -0.327 e. The highest BCUT2D eigenvalue weighted by Gasteiger charge is 2.32. The third-order valence-electron chi connectivity index (χ3n) is 4.44. The van der Waals surface area contributed by atoms with Crippen LogP contribution in [0.15, 0.2) is 30.3 Å². The van der Waals surface area contributed by atoms with Crippen molar-refractivity contribution in [1.82, 2.24) is 0 Å². The van der Waals surface area contributed by atoms with Crippen molar-refractivity contribution in [2.75, 3.05) is 0 Å². The van der Waals surface area contributed by atoms with Gasteiger partial charge in [0.2, 0.25) is 0 Å². The Kier molecular flexibility index (Phi) is 5.86. The molecule has 1 fully saturated rings. The van der Waals surface area contributed by atoms with E-state index in [1.807, 2.05) is 30.3 Å². The van der Waals surface area contributed by atoms with Crippen molar-refractivity contribution in [1.29, 1.82) is 0 Å². The summed E-state index contributed by atoms with van der Waals surface area (Å²) < 4.78 is 18.3. The third-order valence-corrected chi connectivity index (χ3v) is 5.70. The van der Waals surface area contributed by atoms with Crippen molar-refractivity contribution < 1.29 is 9.09 Å². The van der Waals surface area contributed by atoms with Gasteiger partial charge in [-0.15, -0.1) is 0 Å². The average Bonchev–Trinajstić information content (AvgIpc) is 2.39. The van der Waals surface area contributed by atoms with Crippen LogP contribution in [0.1, 0.15) is 45.6 Å². The molecular weight excluding hydrogens is 267 g/mol. The van der Waals surface area contributed by atoms with Gasteiger partial charge in [0, 0.05) is 6.16 Å². The van der Waals surface area contributed by atoms with E-state index in [0.717, 1.165) is 12.0 Å². The summed E-state index contributed by atoms with van der Waals surface area (Å²) in [5.41, 5.74) is 1.11. The van der Waals surface area contributed by atoms with Crippen molar-refractivity contribution in [3.05, 3.63) is 35.9 Å². The minimum absolute atomic E-state index is 0.189. The SMILES string of the molecule is CC(C)[C@@H]1CC[C@@H](C)C[C@H]1O[P@@H](=O)Cc1ccccc1. The Labute approximate surface area is 123 Å². The van der Waals surface area contributed by atoms with Gasteiger partial charge < -0.3 is 4.52 Å². The lowest BCUT2D eigenvalue weighted by molar-refractivity contribution is 0.0522. The Hall–Kier alpha value is -0.590. The molecule has 20 heavy (non-hydrogen) atoms. The maximum absolute atomic E-state index is 12.3. The number of benzene rings is 1. The normalized spacial score (nSPS) is 28.5. The molecule has 0 amide bonds. The molecule has 1 aliphatic carbocycles. The Morgan fingerprint density at radius 2 is 1.95 bits per heavy atom. The molecule has 1 aromatic carbocycles. The smallest absolute Gasteiger partial charge is 0.196 e. The highest BCUT2D eigenvalue weighted by molar-refractivity contribution is 7.38. The molecule has 3 heteroatoms. The second kappa shape index (κ2) is 7.43. The molecule has 2 rings (SSSR count). The summed E-state index contributed by atoms with van der Waals surface area (Å²) in [6.07, 6.45) is 4.32. The van der Waals surface area contributed by atoms with Gasteiger partial charge in [-0.1, -0.05) is 57.5 Å². The Bertz CT molecular complexity index is 430. The molecule has 4 atom stereocenters. The van der Waals surface area contributed by atoms with E-state index in [2.05, 4.69) is 20.8 Å². The molecule has 0 heterocycles. The number of hydrogen-bond donors (Lipinski definition) is 0. The van der Waals surface area contributed by atoms with Crippen molar-refractivity contribution in [2.45, 2.75) is 52.3 Å². The second-order valence-electron chi connectivity index (χ2n) is 6.52. The standard InChI is InChI=1S/C17H27O2P/c1-13(2)16-10-9-14(3)11-17(16)19-20(18)12-15-7-5-4-6-8-15/h4-8,13-14,16-17,20H,9-12H2,1-3H3/t14-,16+,17-/m1/s1. The van der Waals surface area contributed by atoms with E-state index < -0.39 is 8.03 Å².